The third kappa shape index (κ3) is 8.38. The zero-order valence-electron chi connectivity index (χ0n) is 23.3. The van der Waals surface area contributed by atoms with Crippen LogP contribution in [0.3, 0.4) is 0 Å². The van der Waals surface area contributed by atoms with Crippen molar-refractivity contribution in [3.63, 3.8) is 0 Å². The summed E-state index contributed by atoms with van der Waals surface area (Å²) in [6.07, 6.45) is 2.02. The van der Waals surface area contributed by atoms with Crippen LogP contribution in [0.4, 0.5) is 5.69 Å². The van der Waals surface area contributed by atoms with Gasteiger partial charge in [-0.2, -0.15) is 0 Å². The van der Waals surface area contributed by atoms with E-state index in [-0.39, 0.29) is 17.3 Å². The third-order valence-corrected chi connectivity index (χ3v) is 9.05. The largest absolute Gasteiger partial charge is 0.497 e. The maximum absolute atomic E-state index is 14.1. The third-order valence-electron chi connectivity index (χ3n) is 6.52. The summed E-state index contributed by atoms with van der Waals surface area (Å²) in [4.78, 5) is 28.7. The first-order valence-corrected chi connectivity index (χ1v) is 15.5. The van der Waals surface area contributed by atoms with Crippen molar-refractivity contribution in [1.82, 2.24) is 10.2 Å². The van der Waals surface area contributed by atoms with Crippen LogP contribution in [0.2, 0.25) is 10.0 Å². The highest BCUT2D eigenvalue weighted by molar-refractivity contribution is 7.92. The predicted octanol–water partition coefficient (Wildman–Crippen LogP) is 5.92. The Bertz CT molecular complexity index is 1420. The summed E-state index contributed by atoms with van der Waals surface area (Å²) in [7, 11) is -2.68. The summed E-state index contributed by atoms with van der Waals surface area (Å²) in [6.45, 7) is 3.80. The van der Waals surface area contributed by atoms with Crippen LogP contribution in [0, 0.1) is 0 Å². The number of benzene rings is 3. The number of anilines is 1. The average Bonchev–Trinajstić information content (AvgIpc) is 2.98. The molecule has 0 aliphatic carbocycles. The second-order valence-electron chi connectivity index (χ2n) is 9.36. The molecule has 220 valence electrons. The Balaban J connectivity index is 2.02. The van der Waals surface area contributed by atoms with Gasteiger partial charge >= 0.3 is 0 Å². The standard InChI is InChI=1S/C30H35Cl2N3O5S/c1-4-6-18-33-30(37)28(5-2)34(20-22-12-17-26(31)27(32)19-22)29(36)21-35(23-10-8-7-9-11-23)41(38,39)25-15-13-24(40-3)14-16-25/h7-17,19,28H,4-6,18,20-21H2,1-3H3,(H,33,37)/t28-/m0/s1. The number of halogens is 2. The lowest BCUT2D eigenvalue weighted by Crippen LogP contribution is -2.52. The van der Waals surface area contributed by atoms with E-state index < -0.39 is 28.5 Å². The minimum absolute atomic E-state index is 0.00432. The molecule has 0 aromatic heterocycles. The Morgan fingerprint density at radius 2 is 1.63 bits per heavy atom. The van der Waals surface area contributed by atoms with Gasteiger partial charge in [0.1, 0.15) is 18.3 Å². The molecule has 0 unspecified atom stereocenters. The van der Waals surface area contributed by atoms with E-state index in [0.717, 1.165) is 17.1 Å². The lowest BCUT2D eigenvalue weighted by atomic mass is 10.1. The Labute approximate surface area is 252 Å². The van der Waals surface area contributed by atoms with Crippen LogP contribution in [0.15, 0.2) is 77.7 Å². The lowest BCUT2D eigenvalue weighted by molar-refractivity contribution is -0.140. The number of nitrogens with zero attached hydrogens (tertiary/aromatic N) is 2. The Morgan fingerprint density at radius 3 is 2.22 bits per heavy atom. The van der Waals surface area contributed by atoms with E-state index >= 15 is 0 Å². The molecule has 0 fully saturated rings. The number of methoxy groups -OCH3 is 1. The number of rotatable bonds is 14. The minimum atomic E-state index is -4.17. The molecule has 3 rings (SSSR count). The van der Waals surface area contributed by atoms with Crippen LogP contribution < -0.4 is 14.4 Å². The van der Waals surface area contributed by atoms with Crippen LogP contribution in [0.5, 0.6) is 5.75 Å². The molecule has 3 aromatic rings. The quantitative estimate of drug-likeness (QED) is 0.226. The molecule has 11 heteroatoms. The molecule has 0 heterocycles. The number of carbonyl (C=O) groups excluding carboxylic acids is 2. The van der Waals surface area contributed by atoms with Crippen molar-refractivity contribution in [1.29, 1.82) is 0 Å². The van der Waals surface area contributed by atoms with E-state index in [1.807, 2.05) is 13.8 Å². The summed E-state index contributed by atoms with van der Waals surface area (Å²) in [5.41, 5.74) is 0.962. The van der Waals surface area contributed by atoms with Crippen LogP contribution in [-0.2, 0) is 26.2 Å². The summed E-state index contributed by atoms with van der Waals surface area (Å²) in [6, 6.07) is 18.5. The van der Waals surface area contributed by atoms with E-state index in [9.17, 15) is 18.0 Å². The number of nitrogens with one attached hydrogen (secondary N) is 1. The van der Waals surface area contributed by atoms with Gasteiger partial charge < -0.3 is 15.0 Å². The molecule has 0 saturated carbocycles. The van der Waals surface area contributed by atoms with E-state index in [1.165, 1.54) is 24.1 Å². The van der Waals surface area contributed by atoms with E-state index in [2.05, 4.69) is 5.32 Å². The summed E-state index contributed by atoms with van der Waals surface area (Å²) in [5, 5.41) is 3.57. The highest BCUT2D eigenvalue weighted by Crippen LogP contribution is 2.27. The number of hydrogen-bond acceptors (Lipinski definition) is 5. The summed E-state index contributed by atoms with van der Waals surface area (Å²) in [5.74, 6) is -0.355. The fourth-order valence-corrected chi connectivity index (χ4v) is 5.99. The Kier molecular flexibility index (Phi) is 11.9. The van der Waals surface area contributed by atoms with Crippen molar-refractivity contribution in [3.05, 3.63) is 88.4 Å². The van der Waals surface area contributed by atoms with Crippen molar-refractivity contribution < 1.29 is 22.7 Å². The normalized spacial score (nSPS) is 11.9. The lowest BCUT2D eigenvalue weighted by Gasteiger charge is -2.33. The van der Waals surface area contributed by atoms with Crippen molar-refractivity contribution in [3.8, 4) is 5.75 Å². The first-order valence-electron chi connectivity index (χ1n) is 13.3. The van der Waals surface area contributed by atoms with Gasteiger partial charge in [0.15, 0.2) is 0 Å². The zero-order valence-corrected chi connectivity index (χ0v) is 25.7. The maximum atomic E-state index is 14.1. The van der Waals surface area contributed by atoms with Gasteiger partial charge in [-0.05, 0) is 66.9 Å². The van der Waals surface area contributed by atoms with Crippen molar-refractivity contribution in [2.75, 3.05) is 24.5 Å². The number of para-hydroxylation sites is 1. The number of amides is 2. The molecule has 0 saturated heterocycles. The van der Waals surface area contributed by atoms with Gasteiger partial charge in [0.2, 0.25) is 11.8 Å². The zero-order chi connectivity index (χ0) is 30.0. The SMILES string of the molecule is CCCCNC(=O)[C@H](CC)N(Cc1ccc(Cl)c(Cl)c1)C(=O)CN(c1ccccc1)S(=O)(=O)c1ccc(OC)cc1. The monoisotopic (exact) mass is 619 g/mol. The van der Waals surface area contributed by atoms with E-state index in [1.54, 1.807) is 60.7 Å². The molecule has 41 heavy (non-hydrogen) atoms. The highest BCUT2D eigenvalue weighted by Gasteiger charge is 2.33. The van der Waals surface area contributed by atoms with Gasteiger partial charge in [-0.15, -0.1) is 0 Å². The van der Waals surface area contributed by atoms with Crippen molar-refractivity contribution in [2.45, 2.75) is 50.6 Å². The first kappa shape index (κ1) is 32.2. The highest BCUT2D eigenvalue weighted by atomic mass is 35.5. The molecule has 2 amide bonds. The topological polar surface area (TPSA) is 96.0 Å². The number of hydrogen-bond donors (Lipinski definition) is 1. The van der Waals surface area contributed by atoms with E-state index in [0.29, 0.717) is 40.0 Å². The average molecular weight is 621 g/mol. The van der Waals surface area contributed by atoms with Gasteiger partial charge in [0.25, 0.3) is 10.0 Å². The molecule has 0 aliphatic heterocycles. The summed E-state index contributed by atoms with van der Waals surface area (Å²) >= 11 is 12.3. The van der Waals surface area contributed by atoms with Gasteiger partial charge in [-0.3, -0.25) is 13.9 Å². The van der Waals surface area contributed by atoms with Crippen LogP contribution >= 0.6 is 23.2 Å². The smallest absolute Gasteiger partial charge is 0.264 e. The molecule has 1 N–H and O–H groups in total. The van der Waals surface area contributed by atoms with Gasteiger partial charge in [-0.1, -0.05) is 67.7 Å². The Morgan fingerprint density at radius 1 is 0.951 bits per heavy atom. The fraction of sp³-hybridized carbons (Fsp3) is 0.333. The van der Waals surface area contributed by atoms with Crippen molar-refractivity contribution in [2.24, 2.45) is 0 Å². The number of ether oxygens (including phenoxy) is 1. The van der Waals surface area contributed by atoms with Crippen LogP contribution in [-0.4, -0.2) is 51.4 Å². The number of unbranched alkanes of at least 4 members (excludes halogenated alkanes) is 1. The molecule has 8 nitrogen and oxygen atoms in total. The fourth-order valence-electron chi connectivity index (χ4n) is 4.26. The van der Waals surface area contributed by atoms with Gasteiger partial charge in [0, 0.05) is 13.1 Å². The molecule has 1 atom stereocenters. The molecular formula is C30H35Cl2N3O5S. The number of carbonyl (C=O) groups is 2. The molecule has 3 aromatic carbocycles. The Hall–Kier alpha value is -3.27. The first-order chi connectivity index (χ1) is 19.6. The van der Waals surface area contributed by atoms with Crippen molar-refractivity contribution >= 4 is 50.7 Å². The number of sulfonamides is 1. The minimum Gasteiger partial charge on any atom is -0.497 e. The molecule has 0 aliphatic rings. The van der Waals surface area contributed by atoms with Crippen LogP contribution in [0.1, 0.15) is 38.7 Å². The predicted molar refractivity (Wildman–Crippen MR) is 163 cm³/mol. The van der Waals surface area contributed by atoms with E-state index in [4.69, 9.17) is 27.9 Å². The molecule has 0 spiro atoms. The summed E-state index contributed by atoms with van der Waals surface area (Å²) < 4.78 is 34.0. The molecule has 0 bridgehead atoms. The van der Waals surface area contributed by atoms with Gasteiger partial charge in [0.05, 0.1) is 27.7 Å². The molecule has 0 radical (unpaired) electrons. The van der Waals surface area contributed by atoms with Gasteiger partial charge in [-0.25, -0.2) is 8.42 Å². The van der Waals surface area contributed by atoms with Crippen LogP contribution in [0.25, 0.3) is 0 Å². The molecular weight excluding hydrogens is 585 g/mol. The second kappa shape index (κ2) is 15.1. The second-order valence-corrected chi connectivity index (χ2v) is 12.0. The maximum Gasteiger partial charge on any atom is 0.264 e.